The zero-order chi connectivity index (χ0) is 10.8. The highest BCUT2D eigenvalue weighted by Gasteiger charge is 2.02. The molecular weight excluding hydrogens is 196 g/mol. The van der Waals surface area contributed by atoms with Crippen molar-refractivity contribution in [3.05, 3.63) is 53.7 Å². The van der Waals surface area contributed by atoms with Gasteiger partial charge >= 0.3 is 0 Å². The Labute approximate surface area is 86.4 Å². The Hall–Kier alpha value is -1.77. The molecule has 2 rings (SSSR count). The number of halogens is 2. The number of pyridine rings is 1. The Morgan fingerprint density at radius 1 is 1.07 bits per heavy atom. The van der Waals surface area contributed by atoms with Gasteiger partial charge in [0, 0.05) is 5.56 Å². The first-order valence-corrected chi connectivity index (χ1v) is 4.55. The van der Waals surface area contributed by atoms with Crippen LogP contribution in [0.4, 0.5) is 8.78 Å². The second kappa shape index (κ2) is 3.77. The van der Waals surface area contributed by atoms with E-state index in [1.165, 1.54) is 12.1 Å². The van der Waals surface area contributed by atoms with E-state index in [1.807, 2.05) is 0 Å². The van der Waals surface area contributed by atoms with Crippen molar-refractivity contribution in [2.24, 2.45) is 0 Å². The van der Waals surface area contributed by atoms with Crippen molar-refractivity contribution in [1.29, 1.82) is 0 Å². The summed E-state index contributed by atoms with van der Waals surface area (Å²) in [4.78, 5) is 3.92. The minimum Gasteiger partial charge on any atom is -0.253 e. The van der Waals surface area contributed by atoms with Crippen LogP contribution in [0, 0.1) is 18.6 Å². The van der Waals surface area contributed by atoms with Crippen LogP contribution in [0.3, 0.4) is 0 Å². The maximum Gasteiger partial charge on any atom is 0.141 e. The molecule has 1 heterocycles. The molecule has 0 aliphatic heterocycles. The lowest BCUT2D eigenvalue weighted by atomic mass is 10.1. The number of benzene rings is 1. The van der Waals surface area contributed by atoms with Crippen LogP contribution in [-0.4, -0.2) is 4.98 Å². The van der Waals surface area contributed by atoms with Gasteiger partial charge in [-0.2, -0.15) is 0 Å². The van der Waals surface area contributed by atoms with E-state index < -0.39 is 0 Å². The summed E-state index contributed by atoms with van der Waals surface area (Å²) in [5.74, 6) is -0.626. The molecule has 0 atom stereocenters. The normalized spacial score (nSPS) is 10.3. The van der Waals surface area contributed by atoms with Crippen molar-refractivity contribution in [1.82, 2.24) is 4.98 Å². The highest BCUT2D eigenvalue weighted by atomic mass is 19.1. The van der Waals surface area contributed by atoms with E-state index in [4.69, 9.17) is 0 Å². The summed E-state index contributed by atoms with van der Waals surface area (Å²) in [5.41, 5.74) is 1.98. The molecule has 0 saturated carbocycles. The van der Waals surface area contributed by atoms with Gasteiger partial charge in [0.05, 0.1) is 11.9 Å². The van der Waals surface area contributed by atoms with Gasteiger partial charge in [0.2, 0.25) is 0 Å². The highest BCUT2D eigenvalue weighted by Crippen LogP contribution is 2.19. The van der Waals surface area contributed by atoms with Crippen molar-refractivity contribution in [2.75, 3.05) is 0 Å². The van der Waals surface area contributed by atoms with Gasteiger partial charge in [-0.1, -0.05) is 0 Å². The number of nitrogens with zero attached hydrogens (tertiary/aromatic N) is 1. The second-order valence-electron chi connectivity index (χ2n) is 3.33. The Morgan fingerprint density at radius 2 is 1.87 bits per heavy atom. The third-order valence-corrected chi connectivity index (χ3v) is 2.18. The fourth-order valence-corrected chi connectivity index (χ4v) is 1.35. The summed E-state index contributed by atoms with van der Waals surface area (Å²) in [7, 11) is 0. The first kappa shape index (κ1) is 9.77. The average molecular weight is 205 g/mol. The first-order chi connectivity index (χ1) is 7.16. The maximum absolute atomic E-state index is 13.0. The third-order valence-electron chi connectivity index (χ3n) is 2.18. The SMILES string of the molecule is Cc1cc(-c2ccc(F)cn2)ccc1F. The van der Waals surface area contributed by atoms with Gasteiger partial charge in [-0.15, -0.1) is 0 Å². The molecule has 0 bridgehead atoms. The number of rotatable bonds is 1. The lowest BCUT2D eigenvalue weighted by molar-refractivity contribution is 0.618. The summed E-state index contributed by atoms with van der Waals surface area (Å²) in [6, 6.07) is 7.61. The molecule has 3 heteroatoms. The van der Waals surface area contributed by atoms with Gasteiger partial charge in [0.1, 0.15) is 11.6 Å². The van der Waals surface area contributed by atoms with Crippen LogP contribution in [0.25, 0.3) is 11.3 Å². The van der Waals surface area contributed by atoms with Crippen molar-refractivity contribution < 1.29 is 8.78 Å². The largest absolute Gasteiger partial charge is 0.253 e. The summed E-state index contributed by atoms with van der Waals surface area (Å²) in [6.07, 6.45) is 1.15. The Balaban J connectivity index is 2.45. The third kappa shape index (κ3) is 2.01. The van der Waals surface area contributed by atoms with E-state index in [-0.39, 0.29) is 11.6 Å². The van der Waals surface area contributed by atoms with Crippen molar-refractivity contribution in [3.63, 3.8) is 0 Å². The summed E-state index contributed by atoms with van der Waals surface area (Å²) >= 11 is 0. The molecule has 1 aromatic heterocycles. The molecule has 1 aromatic carbocycles. The van der Waals surface area contributed by atoms with Crippen LogP contribution in [0.1, 0.15) is 5.56 Å². The van der Waals surface area contributed by atoms with E-state index in [9.17, 15) is 8.78 Å². The molecule has 2 aromatic rings. The predicted octanol–water partition coefficient (Wildman–Crippen LogP) is 3.34. The molecule has 0 aliphatic rings. The predicted molar refractivity (Wildman–Crippen MR) is 54.3 cm³/mol. The molecule has 0 unspecified atom stereocenters. The number of hydrogen-bond acceptors (Lipinski definition) is 1. The van der Waals surface area contributed by atoms with Crippen LogP contribution < -0.4 is 0 Å². The molecule has 0 radical (unpaired) electrons. The van der Waals surface area contributed by atoms with E-state index >= 15 is 0 Å². The highest BCUT2D eigenvalue weighted by molar-refractivity contribution is 5.59. The van der Waals surface area contributed by atoms with Crippen molar-refractivity contribution in [3.8, 4) is 11.3 Å². The molecule has 0 amide bonds. The molecule has 0 saturated heterocycles. The van der Waals surface area contributed by atoms with Crippen molar-refractivity contribution in [2.45, 2.75) is 6.92 Å². The fraction of sp³-hybridized carbons (Fsp3) is 0.0833. The molecule has 0 spiro atoms. The second-order valence-corrected chi connectivity index (χ2v) is 3.33. The minimum atomic E-state index is -0.377. The van der Waals surface area contributed by atoms with Crippen LogP contribution in [0.5, 0.6) is 0 Å². The summed E-state index contributed by atoms with van der Waals surface area (Å²) < 4.78 is 25.6. The number of aryl methyl sites for hydroxylation is 1. The number of aromatic nitrogens is 1. The van der Waals surface area contributed by atoms with Gasteiger partial charge in [-0.05, 0) is 42.8 Å². The van der Waals surface area contributed by atoms with E-state index in [2.05, 4.69) is 4.98 Å². The van der Waals surface area contributed by atoms with E-state index in [0.29, 0.717) is 11.3 Å². The van der Waals surface area contributed by atoms with Crippen LogP contribution >= 0.6 is 0 Å². The van der Waals surface area contributed by atoms with Gasteiger partial charge in [0.25, 0.3) is 0 Å². The zero-order valence-corrected chi connectivity index (χ0v) is 8.17. The Morgan fingerprint density at radius 3 is 2.47 bits per heavy atom. The van der Waals surface area contributed by atoms with Crippen LogP contribution in [-0.2, 0) is 0 Å². The minimum absolute atomic E-state index is 0.249. The van der Waals surface area contributed by atoms with Gasteiger partial charge in [0.15, 0.2) is 0 Å². The smallest absolute Gasteiger partial charge is 0.141 e. The van der Waals surface area contributed by atoms with Gasteiger partial charge in [-0.3, -0.25) is 4.98 Å². The molecule has 1 nitrogen and oxygen atoms in total. The summed E-state index contributed by atoms with van der Waals surface area (Å²) in [5, 5.41) is 0. The first-order valence-electron chi connectivity index (χ1n) is 4.55. The summed E-state index contributed by atoms with van der Waals surface area (Å²) in [6.45, 7) is 1.68. The molecule has 0 fully saturated rings. The Bertz CT molecular complexity index is 477. The number of hydrogen-bond donors (Lipinski definition) is 0. The Kier molecular flexibility index (Phi) is 2.46. The maximum atomic E-state index is 13.0. The van der Waals surface area contributed by atoms with E-state index in [0.717, 1.165) is 11.8 Å². The molecular formula is C12H9F2N. The van der Waals surface area contributed by atoms with Crippen LogP contribution in [0.15, 0.2) is 36.5 Å². The van der Waals surface area contributed by atoms with Gasteiger partial charge < -0.3 is 0 Å². The molecule has 15 heavy (non-hydrogen) atoms. The average Bonchev–Trinajstić information content (AvgIpc) is 2.23. The monoisotopic (exact) mass is 205 g/mol. The fourth-order valence-electron chi connectivity index (χ4n) is 1.35. The zero-order valence-electron chi connectivity index (χ0n) is 8.17. The molecule has 76 valence electrons. The molecule has 0 aliphatic carbocycles. The lowest BCUT2D eigenvalue weighted by Crippen LogP contribution is -1.87. The topological polar surface area (TPSA) is 12.9 Å². The molecule has 0 N–H and O–H groups in total. The van der Waals surface area contributed by atoms with Crippen LogP contribution in [0.2, 0.25) is 0 Å². The standard InChI is InChI=1S/C12H9F2N/c1-8-6-9(2-4-11(8)14)12-5-3-10(13)7-15-12/h2-7H,1H3. The van der Waals surface area contributed by atoms with E-state index in [1.54, 1.807) is 25.1 Å². The van der Waals surface area contributed by atoms with Crippen molar-refractivity contribution >= 4 is 0 Å². The van der Waals surface area contributed by atoms with Gasteiger partial charge in [-0.25, -0.2) is 8.78 Å². The quantitative estimate of drug-likeness (QED) is 0.695. The lowest BCUT2D eigenvalue weighted by Gasteiger charge is -2.02.